The standard InChI is InChI=1S/C15H16N2O4/c1-2-20-10-14(18)16-11-5-3-6-12(9-11)17-15(19)13-7-4-8-21-13/h3-9H,2,10H2,1H3,(H,16,18)(H,17,19). The summed E-state index contributed by atoms with van der Waals surface area (Å²) in [5.41, 5.74) is 1.14. The van der Waals surface area contributed by atoms with Crippen LogP contribution in [0.4, 0.5) is 11.4 Å². The largest absolute Gasteiger partial charge is 0.459 e. The van der Waals surface area contributed by atoms with E-state index >= 15 is 0 Å². The van der Waals surface area contributed by atoms with Crippen LogP contribution in [0.25, 0.3) is 0 Å². The molecular weight excluding hydrogens is 272 g/mol. The van der Waals surface area contributed by atoms with Gasteiger partial charge in [0.2, 0.25) is 5.91 Å². The Balaban J connectivity index is 1.97. The number of anilines is 2. The molecule has 2 amide bonds. The Morgan fingerprint density at radius 2 is 1.90 bits per heavy atom. The van der Waals surface area contributed by atoms with E-state index in [1.54, 1.807) is 36.4 Å². The Bertz CT molecular complexity index is 608. The average Bonchev–Trinajstić information content (AvgIpc) is 3.00. The highest BCUT2D eigenvalue weighted by molar-refractivity contribution is 6.02. The summed E-state index contributed by atoms with van der Waals surface area (Å²) < 4.78 is 10.0. The van der Waals surface area contributed by atoms with E-state index < -0.39 is 0 Å². The number of ether oxygens (including phenoxy) is 1. The van der Waals surface area contributed by atoms with Crippen LogP contribution in [0.1, 0.15) is 17.5 Å². The molecule has 6 heteroatoms. The molecule has 21 heavy (non-hydrogen) atoms. The summed E-state index contributed by atoms with van der Waals surface area (Å²) in [5, 5.41) is 5.37. The quantitative estimate of drug-likeness (QED) is 0.855. The smallest absolute Gasteiger partial charge is 0.291 e. The number of amides is 2. The van der Waals surface area contributed by atoms with Gasteiger partial charge in [0.15, 0.2) is 5.76 Å². The Labute approximate surface area is 122 Å². The van der Waals surface area contributed by atoms with Gasteiger partial charge in [-0.25, -0.2) is 0 Å². The highest BCUT2D eigenvalue weighted by atomic mass is 16.5. The van der Waals surface area contributed by atoms with Crippen LogP contribution in [0.2, 0.25) is 0 Å². The first-order valence-electron chi connectivity index (χ1n) is 6.51. The molecule has 0 spiro atoms. The molecule has 0 bridgehead atoms. The maximum absolute atomic E-state index is 11.8. The molecule has 1 aromatic carbocycles. The molecule has 0 fully saturated rings. The van der Waals surface area contributed by atoms with Gasteiger partial charge in [0.25, 0.3) is 5.91 Å². The van der Waals surface area contributed by atoms with Gasteiger partial charge in [0.05, 0.1) is 6.26 Å². The zero-order valence-corrected chi connectivity index (χ0v) is 11.6. The number of furan rings is 1. The van der Waals surface area contributed by atoms with Gasteiger partial charge in [-0.05, 0) is 37.3 Å². The Hall–Kier alpha value is -2.60. The van der Waals surface area contributed by atoms with Gasteiger partial charge in [0, 0.05) is 18.0 Å². The van der Waals surface area contributed by atoms with Gasteiger partial charge in [-0.2, -0.15) is 0 Å². The molecule has 2 N–H and O–H groups in total. The Morgan fingerprint density at radius 1 is 1.14 bits per heavy atom. The van der Waals surface area contributed by atoms with Crippen LogP contribution < -0.4 is 10.6 Å². The van der Waals surface area contributed by atoms with Crippen LogP contribution in [0.5, 0.6) is 0 Å². The summed E-state index contributed by atoms with van der Waals surface area (Å²) in [4.78, 5) is 23.4. The first kappa shape index (κ1) is 14.8. The van der Waals surface area contributed by atoms with Crippen molar-refractivity contribution < 1.29 is 18.7 Å². The highest BCUT2D eigenvalue weighted by Gasteiger charge is 2.09. The van der Waals surface area contributed by atoms with Crippen molar-refractivity contribution in [2.24, 2.45) is 0 Å². The molecule has 0 unspecified atom stereocenters. The molecule has 0 atom stereocenters. The van der Waals surface area contributed by atoms with Crippen molar-refractivity contribution in [1.82, 2.24) is 0 Å². The van der Waals surface area contributed by atoms with Crippen molar-refractivity contribution in [3.63, 3.8) is 0 Å². The third-order valence-electron chi connectivity index (χ3n) is 2.59. The van der Waals surface area contributed by atoms with Gasteiger partial charge < -0.3 is 19.8 Å². The molecule has 2 rings (SSSR count). The number of benzene rings is 1. The van der Waals surface area contributed by atoms with E-state index in [0.29, 0.717) is 18.0 Å². The van der Waals surface area contributed by atoms with Gasteiger partial charge in [-0.1, -0.05) is 6.07 Å². The highest BCUT2D eigenvalue weighted by Crippen LogP contribution is 2.16. The summed E-state index contributed by atoms with van der Waals surface area (Å²) in [6.45, 7) is 2.30. The first-order valence-corrected chi connectivity index (χ1v) is 6.51. The predicted octanol–water partition coefficient (Wildman–Crippen LogP) is 2.51. The minimum Gasteiger partial charge on any atom is -0.459 e. The monoisotopic (exact) mass is 288 g/mol. The second-order valence-corrected chi connectivity index (χ2v) is 4.20. The molecule has 0 saturated heterocycles. The van der Waals surface area contributed by atoms with Crippen molar-refractivity contribution in [3.8, 4) is 0 Å². The van der Waals surface area contributed by atoms with Gasteiger partial charge in [0.1, 0.15) is 6.61 Å². The molecular formula is C15H16N2O4. The van der Waals surface area contributed by atoms with Gasteiger partial charge >= 0.3 is 0 Å². The second kappa shape index (κ2) is 7.25. The zero-order valence-electron chi connectivity index (χ0n) is 11.6. The van der Waals surface area contributed by atoms with E-state index in [0.717, 1.165) is 0 Å². The maximum Gasteiger partial charge on any atom is 0.291 e. The molecule has 6 nitrogen and oxygen atoms in total. The minimum absolute atomic E-state index is 0.000514. The van der Waals surface area contributed by atoms with Crippen LogP contribution in [0, 0.1) is 0 Å². The predicted molar refractivity (Wildman–Crippen MR) is 78.2 cm³/mol. The third kappa shape index (κ3) is 4.47. The van der Waals surface area contributed by atoms with E-state index in [-0.39, 0.29) is 24.2 Å². The third-order valence-corrected chi connectivity index (χ3v) is 2.59. The van der Waals surface area contributed by atoms with Crippen LogP contribution in [-0.4, -0.2) is 25.0 Å². The second-order valence-electron chi connectivity index (χ2n) is 4.20. The summed E-state index contributed by atoms with van der Waals surface area (Å²) in [5.74, 6) is -0.370. The number of carbonyl (C=O) groups is 2. The molecule has 1 heterocycles. The summed E-state index contributed by atoms with van der Waals surface area (Å²) >= 11 is 0. The van der Waals surface area contributed by atoms with Crippen molar-refractivity contribution >= 4 is 23.2 Å². The van der Waals surface area contributed by atoms with Gasteiger partial charge in [-0.3, -0.25) is 9.59 Å². The topological polar surface area (TPSA) is 80.6 Å². The molecule has 0 saturated carbocycles. The maximum atomic E-state index is 11.8. The normalized spacial score (nSPS) is 10.1. The molecule has 0 aliphatic carbocycles. The molecule has 0 aliphatic heterocycles. The van der Waals surface area contributed by atoms with Crippen molar-refractivity contribution in [1.29, 1.82) is 0 Å². The average molecular weight is 288 g/mol. The lowest BCUT2D eigenvalue weighted by atomic mass is 10.2. The van der Waals surface area contributed by atoms with Crippen molar-refractivity contribution in [2.45, 2.75) is 6.92 Å². The van der Waals surface area contributed by atoms with E-state index in [1.807, 2.05) is 6.92 Å². The van der Waals surface area contributed by atoms with E-state index in [1.165, 1.54) is 6.26 Å². The van der Waals surface area contributed by atoms with Gasteiger partial charge in [-0.15, -0.1) is 0 Å². The molecule has 1 aromatic heterocycles. The van der Waals surface area contributed by atoms with Crippen molar-refractivity contribution in [3.05, 3.63) is 48.4 Å². The fourth-order valence-electron chi connectivity index (χ4n) is 1.67. The molecule has 0 radical (unpaired) electrons. The zero-order chi connectivity index (χ0) is 15.1. The summed E-state index contributed by atoms with van der Waals surface area (Å²) in [6, 6.07) is 10.0. The van der Waals surface area contributed by atoms with Crippen LogP contribution in [0.15, 0.2) is 47.1 Å². The fraction of sp³-hybridized carbons (Fsp3) is 0.200. The Morgan fingerprint density at radius 3 is 2.57 bits per heavy atom. The number of carbonyl (C=O) groups excluding carboxylic acids is 2. The number of rotatable bonds is 6. The van der Waals surface area contributed by atoms with Crippen molar-refractivity contribution in [2.75, 3.05) is 23.8 Å². The van der Waals surface area contributed by atoms with Crippen LogP contribution >= 0.6 is 0 Å². The lowest BCUT2D eigenvalue weighted by Gasteiger charge is -2.08. The summed E-state index contributed by atoms with van der Waals surface area (Å²) in [6.07, 6.45) is 1.43. The van der Waals surface area contributed by atoms with E-state index in [2.05, 4.69) is 10.6 Å². The fourth-order valence-corrected chi connectivity index (χ4v) is 1.67. The number of hydrogen-bond donors (Lipinski definition) is 2. The lowest BCUT2D eigenvalue weighted by Crippen LogP contribution is -2.18. The number of hydrogen-bond acceptors (Lipinski definition) is 4. The Kier molecular flexibility index (Phi) is 5.11. The van der Waals surface area contributed by atoms with E-state index in [4.69, 9.17) is 9.15 Å². The van der Waals surface area contributed by atoms with E-state index in [9.17, 15) is 9.59 Å². The van der Waals surface area contributed by atoms with Crippen LogP contribution in [0.3, 0.4) is 0 Å². The number of nitrogens with one attached hydrogen (secondary N) is 2. The minimum atomic E-state index is -0.349. The molecule has 0 aliphatic rings. The van der Waals surface area contributed by atoms with Crippen LogP contribution in [-0.2, 0) is 9.53 Å². The lowest BCUT2D eigenvalue weighted by molar-refractivity contribution is -0.120. The first-order chi connectivity index (χ1) is 10.2. The molecule has 2 aromatic rings. The summed E-state index contributed by atoms with van der Waals surface area (Å²) in [7, 11) is 0. The molecule has 110 valence electrons. The SMILES string of the molecule is CCOCC(=O)Nc1cccc(NC(=O)c2ccco2)c1.